The van der Waals surface area contributed by atoms with Gasteiger partial charge in [-0.25, -0.2) is 4.68 Å². The number of carbonyl (C=O) groups is 1. The molecule has 3 aromatic rings. The van der Waals surface area contributed by atoms with Gasteiger partial charge in [0.1, 0.15) is 0 Å². The van der Waals surface area contributed by atoms with Gasteiger partial charge in [-0.1, -0.05) is 17.3 Å². The SMILES string of the molecule is Cc1c(C(=O)N2CCCC(N)C2)nnn1-c1cccc2cnccc12. The fraction of sp³-hybridized carbons (Fsp3) is 0.333. The maximum absolute atomic E-state index is 12.8. The second-order valence-corrected chi connectivity index (χ2v) is 6.46. The van der Waals surface area contributed by atoms with Gasteiger partial charge in [-0.3, -0.25) is 9.78 Å². The Morgan fingerprint density at radius 3 is 3.04 bits per heavy atom. The number of fused-ring (bicyclic) bond motifs is 1. The van der Waals surface area contributed by atoms with E-state index >= 15 is 0 Å². The van der Waals surface area contributed by atoms with E-state index < -0.39 is 0 Å². The van der Waals surface area contributed by atoms with E-state index in [0.717, 1.165) is 41.5 Å². The lowest BCUT2D eigenvalue weighted by Crippen LogP contribution is -2.46. The predicted octanol–water partition coefficient (Wildman–Crippen LogP) is 1.69. The van der Waals surface area contributed by atoms with Crippen molar-refractivity contribution in [2.24, 2.45) is 5.73 Å². The first-order valence-electron chi connectivity index (χ1n) is 8.45. The van der Waals surface area contributed by atoms with Crippen LogP contribution in [0.4, 0.5) is 0 Å². The van der Waals surface area contributed by atoms with Crippen LogP contribution in [0.25, 0.3) is 16.5 Å². The molecule has 0 radical (unpaired) electrons. The second-order valence-electron chi connectivity index (χ2n) is 6.46. The quantitative estimate of drug-likeness (QED) is 0.769. The third-order valence-corrected chi connectivity index (χ3v) is 4.73. The minimum absolute atomic E-state index is 0.0404. The summed E-state index contributed by atoms with van der Waals surface area (Å²) in [5.41, 5.74) is 8.00. The molecular weight excluding hydrogens is 316 g/mol. The Bertz CT molecular complexity index is 929. The highest BCUT2D eigenvalue weighted by molar-refractivity contribution is 5.94. The Labute approximate surface area is 145 Å². The number of benzene rings is 1. The number of carbonyl (C=O) groups excluding carboxylic acids is 1. The minimum atomic E-state index is -0.0965. The molecule has 2 aromatic heterocycles. The molecule has 0 bridgehead atoms. The molecule has 1 unspecified atom stereocenters. The van der Waals surface area contributed by atoms with Crippen LogP contribution in [-0.4, -0.2) is 49.9 Å². The van der Waals surface area contributed by atoms with Crippen LogP contribution in [0, 0.1) is 6.92 Å². The summed E-state index contributed by atoms with van der Waals surface area (Å²) < 4.78 is 1.72. The van der Waals surface area contributed by atoms with E-state index in [2.05, 4.69) is 15.3 Å². The first-order valence-corrected chi connectivity index (χ1v) is 8.45. The van der Waals surface area contributed by atoms with Crippen LogP contribution in [-0.2, 0) is 0 Å². The number of aromatic nitrogens is 4. The lowest BCUT2D eigenvalue weighted by molar-refractivity contribution is 0.0702. The molecule has 1 aliphatic heterocycles. The number of rotatable bonds is 2. The number of amides is 1. The highest BCUT2D eigenvalue weighted by Crippen LogP contribution is 2.23. The highest BCUT2D eigenvalue weighted by Gasteiger charge is 2.26. The number of nitrogens with zero attached hydrogens (tertiary/aromatic N) is 5. The molecule has 4 rings (SSSR count). The Kier molecular flexibility index (Phi) is 3.93. The van der Waals surface area contributed by atoms with Crippen molar-refractivity contribution >= 4 is 16.7 Å². The van der Waals surface area contributed by atoms with E-state index in [1.165, 1.54) is 0 Å². The summed E-state index contributed by atoms with van der Waals surface area (Å²) in [5.74, 6) is -0.0965. The highest BCUT2D eigenvalue weighted by atomic mass is 16.2. The van der Waals surface area contributed by atoms with Crippen molar-refractivity contribution in [2.75, 3.05) is 13.1 Å². The molecule has 0 saturated carbocycles. The van der Waals surface area contributed by atoms with Crippen LogP contribution >= 0.6 is 0 Å². The summed E-state index contributed by atoms with van der Waals surface area (Å²) in [6.07, 6.45) is 5.45. The minimum Gasteiger partial charge on any atom is -0.336 e. The molecule has 7 nitrogen and oxygen atoms in total. The smallest absolute Gasteiger partial charge is 0.276 e. The lowest BCUT2D eigenvalue weighted by Gasteiger charge is -2.30. The molecule has 1 aromatic carbocycles. The Morgan fingerprint density at radius 1 is 1.32 bits per heavy atom. The average Bonchev–Trinajstić information content (AvgIpc) is 3.02. The van der Waals surface area contributed by atoms with Gasteiger partial charge in [0, 0.05) is 42.3 Å². The van der Waals surface area contributed by atoms with Gasteiger partial charge < -0.3 is 10.6 Å². The van der Waals surface area contributed by atoms with E-state index in [1.807, 2.05) is 37.4 Å². The van der Waals surface area contributed by atoms with Crippen molar-refractivity contribution in [3.8, 4) is 5.69 Å². The molecule has 1 saturated heterocycles. The lowest BCUT2D eigenvalue weighted by atomic mass is 10.1. The van der Waals surface area contributed by atoms with Crippen molar-refractivity contribution in [2.45, 2.75) is 25.8 Å². The Balaban J connectivity index is 1.72. The Morgan fingerprint density at radius 2 is 2.20 bits per heavy atom. The standard InChI is InChI=1S/C18H20N6O/c1-12-17(18(25)23-9-3-5-14(19)11-23)21-22-24(12)16-6-2-4-13-10-20-8-7-15(13)16/h2,4,6-8,10,14H,3,5,9,11,19H2,1H3. The van der Waals surface area contributed by atoms with Gasteiger partial charge in [0.05, 0.1) is 11.4 Å². The van der Waals surface area contributed by atoms with Crippen molar-refractivity contribution in [1.82, 2.24) is 24.9 Å². The predicted molar refractivity (Wildman–Crippen MR) is 94.5 cm³/mol. The summed E-state index contributed by atoms with van der Waals surface area (Å²) in [6, 6.07) is 7.90. The van der Waals surface area contributed by atoms with Crippen LogP contribution < -0.4 is 5.73 Å². The van der Waals surface area contributed by atoms with Crippen molar-refractivity contribution in [1.29, 1.82) is 0 Å². The molecule has 7 heteroatoms. The maximum atomic E-state index is 12.8. The van der Waals surface area contributed by atoms with Gasteiger partial charge in [0.25, 0.3) is 5.91 Å². The topological polar surface area (TPSA) is 89.9 Å². The molecule has 1 fully saturated rings. The number of pyridine rings is 1. The fourth-order valence-electron chi connectivity index (χ4n) is 3.39. The summed E-state index contributed by atoms with van der Waals surface area (Å²) in [6.45, 7) is 3.17. The third-order valence-electron chi connectivity index (χ3n) is 4.73. The van der Waals surface area contributed by atoms with Crippen LogP contribution in [0.5, 0.6) is 0 Å². The molecule has 1 aliphatic rings. The van der Waals surface area contributed by atoms with E-state index in [4.69, 9.17) is 5.73 Å². The van der Waals surface area contributed by atoms with Crippen LogP contribution in [0.3, 0.4) is 0 Å². The normalized spacial score (nSPS) is 17.8. The molecule has 2 N–H and O–H groups in total. The first kappa shape index (κ1) is 15.7. The number of hydrogen-bond acceptors (Lipinski definition) is 5. The molecule has 0 aliphatic carbocycles. The number of hydrogen-bond donors (Lipinski definition) is 1. The second kappa shape index (κ2) is 6.25. The zero-order valence-electron chi connectivity index (χ0n) is 14.1. The maximum Gasteiger partial charge on any atom is 0.276 e. The average molecular weight is 336 g/mol. The van der Waals surface area contributed by atoms with Gasteiger partial charge >= 0.3 is 0 Å². The van der Waals surface area contributed by atoms with E-state index in [9.17, 15) is 4.79 Å². The van der Waals surface area contributed by atoms with E-state index in [-0.39, 0.29) is 11.9 Å². The van der Waals surface area contributed by atoms with Gasteiger partial charge in [0.15, 0.2) is 5.69 Å². The molecule has 0 spiro atoms. The number of nitrogens with two attached hydrogens (primary N) is 1. The molecule has 25 heavy (non-hydrogen) atoms. The van der Waals surface area contributed by atoms with Crippen molar-refractivity contribution in [3.05, 3.63) is 48.0 Å². The van der Waals surface area contributed by atoms with Crippen LogP contribution in [0.2, 0.25) is 0 Å². The summed E-state index contributed by atoms with van der Waals surface area (Å²) in [7, 11) is 0. The van der Waals surface area contributed by atoms with Gasteiger partial charge in [-0.2, -0.15) is 0 Å². The van der Waals surface area contributed by atoms with Gasteiger partial charge in [-0.05, 0) is 31.9 Å². The molecule has 1 atom stereocenters. The van der Waals surface area contributed by atoms with Gasteiger partial charge in [0.2, 0.25) is 0 Å². The largest absolute Gasteiger partial charge is 0.336 e. The molecular formula is C18H20N6O. The van der Waals surface area contributed by atoms with Crippen molar-refractivity contribution < 1.29 is 4.79 Å². The summed E-state index contributed by atoms with van der Waals surface area (Å²) >= 11 is 0. The van der Waals surface area contributed by atoms with Crippen LogP contribution in [0.1, 0.15) is 29.0 Å². The summed E-state index contributed by atoms with van der Waals surface area (Å²) in [4.78, 5) is 18.8. The molecule has 128 valence electrons. The van der Waals surface area contributed by atoms with Crippen molar-refractivity contribution in [3.63, 3.8) is 0 Å². The third kappa shape index (κ3) is 2.76. The monoisotopic (exact) mass is 336 g/mol. The fourth-order valence-corrected chi connectivity index (χ4v) is 3.39. The first-order chi connectivity index (χ1) is 12.1. The summed E-state index contributed by atoms with van der Waals surface area (Å²) in [5, 5.41) is 10.4. The Hall–Kier alpha value is -2.80. The zero-order valence-corrected chi connectivity index (χ0v) is 14.1. The van der Waals surface area contributed by atoms with Crippen LogP contribution in [0.15, 0.2) is 36.7 Å². The molecule has 3 heterocycles. The molecule has 1 amide bonds. The van der Waals surface area contributed by atoms with Gasteiger partial charge in [-0.15, -0.1) is 5.10 Å². The van der Waals surface area contributed by atoms with E-state index in [0.29, 0.717) is 12.2 Å². The number of piperidine rings is 1. The van der Waals surface area contributed by atoms with E-state index in [1.54, 1.807) is 15.8 Å². The number of likely N-dealkylation sites (tertiary alicyclic amines) is 1. The zero-order chi connectivity index (χ0) is 17.4.